The zero-order valence-electron chi connectivity index (χ0n) is 17.8. The second-order valence-corrected chi connectivity index (χ2v) is 8.20. The first-order valence-corrected chi connectivity index (χ1v) is 10.9. The lowest BCUT2D eigenvalue weighted by Crippen LogP contribution is -2.55. The van der Waals surface area contributed by atoms with Gasteiger partial charge in [-0.3, -0.25) is 0 Å². The summed E-state index contributed by atoms with van der Waals surface area (Å²) < 4.78 is 0. The number of rotatable bonds is 4. The molecule has 1 aliphatic rings. The number of aromatic nitrogens is 1. The standard InChI is InChI=1S/C25H24ClN5O/c1-18-17-30(24-22(26)9-6-14-28-24)15-16-31(18)25(32)29-21-12-10-20(11-13-21)23(27-2)19-7-4-3-5-8-19/h3-14,18,23H,15-17H2,1H3,(H,29,32)/t18-,23?/m1/s1. The third-order valence-electron chi connectivity index (χ3n) is 5.65. The Kier molecular flexibility index (Phi) is 6.58. The van der Waals surface area contributed by atoms with E-state index in [-0.39, 0.29) is 18.1 Å². The number of amides is 2. The van der Waals surface area contributed by atoms with Gasteiger partial charge in [-0.25, -0.2) is 16.4 Å². The number of piperazine rings is 1. The normalized spacial score (nSPS) is 16.8. The van der Waals surface area contributed by atoms with E-state index in [1.54, 1.807) is 6.20 Å². The molecule has 7 heteroatoms. The van der Waals surface area contributed by atoms with E-state index in [4.69, 9.17) is 18.2 Å². The van der Waals surface area contributed by atoms with Crippen molar-refractivity contribution in [2.75, 3.05) is 29.9 Å². The van der Waals surface area contributed by atoms with Crippen LogP contribution in [0, 0.1) is 6.57 Å². The fraction of sp³-hybridized carbons (Fsp3) is 0.240. The molecule has 0 radical (unpaired) electrons. The molecule has 1 unspecified atom stereocenters. The van der Waals surface area contributed by atoms with Gasteiger partial charge in [0.25, 0.3) is 6.04 Å². The van der Waals surface area contributed by atoms with E-state index in [0.717, 1.165) is 16.9 Å². The van der Waals surface area contributed by atoms with E-state index in [1.165, 1.54) is 0 Å². The number of hydrogen-bond acceptors (Lipinski definition) is 3. The van der Waals surface area contributed by atoms with Crippen LogP contribution in [0.25, 0.3) is 4.85 Å². The van der Waals surface area contributed by atoms with Crippen molar-refractivity contribution in [2.45, 2.75) is 19.0 Å². The van der Waals surface area contributed by atoms with Gasteiger partial charge >= 0.3 is 6.03 Å². The van der Waals surface area contributed by atoms with Gasteiger partial charge in [-0.05, 0) is 43.3 Å². The molecule has 162 valence electrons. The maximum atomic E-state index is 12.9. The Morgan fingerprint density at radius 1 is 1.09 bits per heavy atom. The summed E-state index contributed by atoms with van der Waals surface area (Å²) in [5, 5.41) is 3.60. The number of urea groups is 1. The maximum Gasteiger partial charge on any atom is 0.322 e. The topological polar surface area (TPSA) is 52.8 Å². The number of halogens is 1. The SMILES string of the molecule is [C-]#[N+]C(c1ccccc1)c1ccc(NC(=O)N2CCN(c3ncccc3Cl)C[C@H]2C)cc1. The second-order valence-electron chi connectivity index (χ2n) is 7.79. The summed E-state index contributed by atoms with van der Waals surface area (Å²) in [6.07, 6.45) is 1.73. The molecular formula is C25H24ClN5O. The van der Waals surface area contributed by atoms with Crippen LogP contribution in [0.15, 0.2) is 72.9 Å². The Hall–Kier alpha value is -3.56. The quantitative estimate of drug-likeness (QED) is 0.540. The minimum absolute atomic E-state index is 0.00525. The minimum Gasteiger partial charge on any atom is -0.352 e. The smallest absolute Gasteiger partial charge is 0.322 e. The van der Waals surface area contributed by atoms with Crippen LogP contribution < -0.4 is 10.2 Å². The van der Waals surface area contributed by atoms with Gasteiger partial charge in [-0.2, -0.15) is 0 Å². The van der Waals surface area contributed by atoms with Crippen LogP contribution >= 0.6 is 11.6 Å². The minimum atomic E-state index is -0.354. The Morgan fingerprint density at radius 2 is 1.81 bits per heavy atom. The number of carbonyl (C=O) groups is 1. The Labute approximate surface area is 193 Å². The molecule has 0 bridgehead atoms. The number of hydrogen-bond donors (Lipinski definition) is 1. The highest BCUT2D eigenvalue weighted by atomic mass is 35.5. The van der Waals surface area contributed by atoms with Crippen LogP contribution in [-0.4, -0.2) is 41.6 Å². The first-order chi connectivity index (χ1) is 15.6. The Bertz CT molecular complexity index is 1110. The van der Waals surface area contributed by atoms with E-state index in [2.05, 4.69) is 20.0 Å². The van der Waals surface area contributed by atoms with Crippen LogP contribution in [0.3, 0.4) is 0 Å². The van der Waals surface area contributed by atoms with Crippen molar-refractivity contribution in [3.8, 4) is 0 Å². The van der Waals surface area contributed by atoms with Crippen LogP contribution in [0.4, 0.5) is 16.3 Å². The molecule has 2 heterocycles. The number of pyridine rings is 1. The number of carbonyl (C=O) groups excluding carboxylic acids is 1. The van der Waals surface area contributed by atoms with E-state index < -0.39 is 0 Å². The summed E-state index contributed by atoms with van der Waals surface area (Å²) >= 11 is 6.28. The van der Waals surface area contributed by atoms with E-state index >= 15 is 0 Å². The molecule has 0 saturated carbocycles. The van der Waals surface area contributed by atoms with Crippen LogP contribution in [0.2, 0.25) is 5.02 Å². The number of anilines is 2. The monoisotopic (exact) mass is 445 g/mol. The van der Waals surface area contributed by atoms with Crippen LogP contribution in [-0.2, 0) is 0 Å². The van der Waals surface area contributed by atoms with Crippen molar-refractivity contribution in [2.24, 2.45) is 0 Å². The number of nitrogens with one attached hydrogen (secondary N) is 1. The molecule has 0 aliphatic carbocycles. The van der Waals surface area contributed by atoms with Crippen molar-refractivity contribution in [3.63, 3.8) is 0 Å². The van der Waals surface area contributed by atoms with Crippen molar-refractivity contribution in [3.05, 3.63) is 100 Å². The fourth-order valence-corrected chi connectivity index (χ4v) is 4.22. The highest BCUT2D eigenvalue weighted by molar-refractivity contribution is 6.32. The van der Waals surface area contributed by atoms with Gasteiger partial charge < -0.3 is 20.0 Å². The van der Waals surface area contributed by atoms with E-state index in [1.807, 2.05) is 78.6 Å². The molecule has 2 amide bonds. The first kappa shape index (κ1) is 21.7. The largest absolute Gasteiger partial charge is 0.352 e. The molecule has 2 aromatic carbocycles. The van der Waals surface area contributed by atoms with Gasteiger partial charge in [0.1, 0.15) is 5.82 Å². The summed E-state index contributed by atoms with van der Waals surface area (Å²) in [5.74, 6) is 0.754. The predicted molar refractivity (Wildman–Crippen MR) is 128 cm³/mol. The highest BCUT2D eigenvalue weighted by Gasteiger charge is 2.29. The third-order valence-corrected chi connectivity index (χ3v) is 5.94. The maximum absolute atomic E-state index is 12.9. The van der Waals surface area contributed by atoms with Crippen molar-refractivity contribution in [1.82, 2.24) is 9.88 Å². The molecule has 0 spiro atoms. The number of nitrogens with zero attached hydrogens (tertiary/aromatic N) is 4. The Balaban J connectivity index is 1.39. The van der Waals surface area contributed by atoms with Crippen LogP contribution in [0.1, 0.15) is 24.1 Å². The lowest BCUT2D eigenvalue weighted by atomic mass is 9.99. The molecule has 6 nitrogen and oxygen atoms in total. The van der Waals surface area contributed by atoms with Crippen molar-refractivity contribution in [1.29, 1.82) is 0 Å². The van der Waals surface area contributed by atoms with Crippen molar-refractivity contribution >= 4 is 29.1 Å². The molecule has 32 heavy (non-hydrogen) atoms. The zero-order valence-corrected chi connectivity index (χ0v) is 18.5. The van der Waals surface area contributed by atoms with Gasteiger partial charge in [0.2, 0.25) is 0 Å². The highest BCUT2D eigenvalue weighted by Crippen LogP contribution is 2.28. The zero-order chi connectivity index (χ0) is 22.5. The van der Waals surface area contributed by atoms with Crippen LogP contribution in [0.5, 0.6) is 0 Å². The predicted octanol–water partition coefficient (Wildman–Crippen LogP) is 5.49. The third kappa shape index (κ3) is 4.68. The van der Waals surface area contributed by atoms with E-state index in [0.29, 0.717) is 30.3 Å². The first-order valence-electron chi connectivity index (χ1n) is 10.5. The summed E-state index contributed by atoms with van der Waals surface area (Å²) in [7, 11) is 0. The summed E-state index contributed by atoms with van der Waals surface area (Å²) in [5.41, 5.74) is 2.57. The lowest BCUT2D eigenvalue weighted by molar-refractivity contribution is 0.184. The average Bonchev–Trinajstić information content (AvgIpc) is 2.81. The molecule has 1 aliphatic heterocycles. The lowest BCUT2D eigenvalue weighted by Gasteiger charge is -2.40. The summed E-state index contributed by atoms with van der Waals surface area (Å²) in [6, 6.07) is 20.4. The average molecular weight is 446 g/mol. The molecular weight excluding hydrogens is 422 g/mol. The molecule has 1 aromatic heterocycles. The van der Waals surface area contributed by atoms with Gasteiger partial charge in [0.15, 0.2) is 0 Å². The second kappa shape index (κ2) is 9.71. The van der Waals surface area contributed by atoms with Gasteiger partial charge in [-0.15, -0.1) is 0 Å². The molecule has 4 rings (SSSR count). The van der Waals surface area contributed by atoms with Gasteiger partial charge in [0.05, 0.1) is 5.02 Å². The van der Waals surface area contributed by atoms with E-state index in [9.17, 15) is 4.79 Å². The number of benzene rings is 2. The molecule has 2 atom stereocenters. The van der Waals surface area contributed by atoms with Gasteiger partial charge in [0, 0.05) is 48.7 Å². The summed E-state index contributed by atoms with van der Waals surface area (Å²) in [6.45, 7) is 11.5. The molecule has 3 aromatic rings. The van der Waals surface area contributed by atoms with Gasteiger partial charge in [-0.1, -0.05) is 41.9 Å². The molecule has 1 saturated heterocycles. The summed E-state index contributed by atoms with van der Waals surface area (Å²) in [4.78, 5) is 25.0. The molecule has 1 N–H and O–H groups in total. The molecule has 1 fully saturated rings. The Morgan fingerprint density at radius 3 is 2.47 bits per heavy atom. The van der Waals surface area contributed by atoms with Crippen molar-refractivity contribution < 1.29 is 4.79 Å². The fourth-order valence-electron chi connectivity index (χ4n) is 3.98.